The van der Waals surface area contributed by atoms with Crippen molar-refractivity contribution in [3.05, 3.63) is 12.1 Å². The smallest absolute Gasteiger partial charge is 0.215 e. The van der Waals surface area contributed by atoms with Crippen molar-refractivity contribution in [1.29, 1.82) is 0 Å². The monoisotopic (exact) mass is 265 g/mol. The van der Waals surface area contributed by atoms with Crippen molar-refractivity contribution in [3.8, 4) is 5.88 Å². The molecular weight excluding hydrogens is 242 g/mol. The van der Waals surface area contributed by atoms with E-state index in [-0.39, 0.29) is 6.61 Å². The van der Waals surface area contributed by atoms with Gasteiger partial charge in [0.25, 0.3) is 0 Å². The summed E-state index contributed by atoms with van der Waals surface area (Å²) in [6, 6.07) is 3.54. The molecule has 2 unspecified atom stereocenters. The summed E-state index contributed by atoms with van der Waals surface area (Å²) in [7, 11) is 1.59. The molecule has 0 bridgehead atoms. The number of aliphatic hydroxyl groups is 1. The Labute approximate surface area is 114 Å². The zero-order valence-corrected chi connectivity index (χ0v) is 11.4. The molecule has 1 aliphatic rings. The number of pyridine rings is 1. The van der Waals surface area contributed by atoms with Crippen molar-refractivity contribution >= 4 is 11.5 Å². The minimum atomic E-state index is 0.271. The summed E-state index contributed by atoms with van der Waals surface area (Å²) in [5, 5.41) is 12.7. The highest BCUT2D eigenvalue weighted by Gasteiger charge is 2.24. The van der Waals surface area contributed by atoms with E-state index in [1.54, 1.807) is 19.2 Å². The molecule has 1 fully saturated rings. The number of nitrogens with two attached hydrogens (primary N) is 1. The van der Waals surface area contributed by atoms with Gasteiger partial charge in [0.2, 0.25) is 5.88 Å². The van der Waals surface area contributed by atoms with Crippen molar-refractivity contribution in [1.82, 2.24) is 4.98 Å². The summed E-state index contributed by atoms with van der Waals surface area (Å²) in [5.74, 6) is 2.11. The lowest BCUT2D eigenvalue weighted by atomic mass is 9.79. The molecule has 1 aliphatic carbocycles. The Kier molecular flexibility index (Phi) is 4.85. The molecule has 0 aliphatic heterocycles. The predicted molar refractivity (Wildman–Crippen MR) is 76.2 cm³/mol. The Bertz CT molecular complexity index is 412. The summed E-state index contributed by atoms with van der Waals surface area (Å²) in [4.78, 5) is 4.31. The molecule has 0 saturated heterocycles. The summed E-state index contributed by atoms with van der Waals surface area (Å²) >= 11 is 0. The van der Waals surface area contributed by atoms with Gasteiger partial charge in [-0.1, -0.05) is 12.8 Å². The second kappa shape index (κ2) is 6.61. The normalized spacial score (nSPS) is 23.1. The molecule has 2 atom stereocenters. The van der Waals surface area contributed by atoms with E-state index < -0.39 is 0 Å². The van der Waals surface area contributed by atoms with Crippen LogP contribution in [0.15, 0.2) is 12.1 Å². The predicted octanol–water partition coefficient (Wildman–Crippen LogP) is 1.88. The molecule has 1 aromatic heterocycles. The third-order valence-corrected chi connectivity index (χ3v) is 3.94. The Morgan fingerprint density at radius 2 is 2.11 bits per heavy atom. The van der Waals surface area contributed by atoms with Gasteiger partial charge in [-0.2, -0.15) is 4.98 Å². The number of nitrogens with zero attached hydrogens (tertiary/aromatic N) is 1. The molecule has 1 saturated carbocycles. The minimum absolute atomic E-state index is 0.271. The Morgan fingerprint density at radius 3 is 2.79 bits per heavy atom. The maximum Gasteiger partial charge on any atom is 0.215 e. The van der Waals surface area contributed by atoms with Crippen molar-refractivity contribution in [2.75, 3.05) is 31.3 Å². The Morgan fingerprint density at radius 1 is 1.37 bits per heavy atom. The molecule has 0 aromatic carbocycles. The number of anilines is 2. The maximum atomic E-state index is 9.41. The van der Waals surface area contributed by atoms with Gasteiger partial charge >= 0.3 is 0 Å². The van der Waals surface area contributed by atoms with E-state index in [0.717, 1.165) is 19.4 Å². The van der Waals surface area contributed by atoms with Gasteiger partial charge in [-0.15, -0.1) is 0 Å². The summed E-state index contributed by atoms with van der Waals surface area (Å²) in [5.41, 5.74) is 6.52. The summed E-state index contributed by atoms with van der Waals surface area (Å²) in [6.45, 7) is 1.07. The second-order valence-corrected chi connectivity index (χ2v) is 5.16. The quantitative estimate of drug-likeness (QED) is 0.757. The van der Waals surface area contributed by atoms with Crippen LogP contribution in [0.4, 0.5) is 11.5 Å². The van der Waals surface area contributed by atoms with Gasteiger partial charge in [-0.3, -0.25) is 0 Å². The van der Waals surface area contributed by atoms with Gasteiger partial charge < -0.3 is 20.9 Å². The fraction of sp³-hybridized carbons (Fsp3) is 0.643. The first-order chi connectivity index (χ1) is 9.24. The van der Waals surface area contributed by atoms with Gasteiger partial charge in [0, 0.05) is 19.2 Å². The average molecular weight is 265 g/mol. The van der Waals surface area contributed by atoms with Crippen LogP contribution >= 0.6 is 0 Å². The van der Waals surface area contributed by atoms with Gasteiger partial charge in [-0.25, -0.2) is 0 Å². The summed E-state index contributed by atoms with van der Waals surface area (Å²) < 4.78 is 5.10. The number of aliphatic hydroxyl groups excluding tert-OH is 1. The summed E-state index contributed by atoms with van der Waals surface area (Å²) in [6.07, 6.45) is 4.73. The topological polar surface area (TPSA) is 80.4 Å². The largest absolute Gasteiger partial charge is 0.481 e. The molecule has 1 heterocycles. The first-order valence-electron chi connectivity index (χ1n) is 6.90. The van der Waals surface area contributed by atoms with Gasteiger partial charge in [0.15, 0.2) is 5.82 Å². The van der Waals surface area contributed by atoms with Gasteiger partial charge in [0.1, 0.15) is 0 Å². The van der Waals surface area contributed by atoms with Crippen LogP contribution in [0, 0.1) is 11.8 Å². The number of hydrogen-bond acceptors (Lipinski definition) is 5. The molecule has 5 nitrogen and oxygen atoms in total. The van der Waals surface area contributed by atoms with Crippen molar-refractivity contribution in [3.63, 3.8) is 0 Å². The third-order valence-electron chi connectivity index (χ3n) is 3.94. The van der Waals surface area contributed by atoms with E-state index >= 15 is 0 Å². The minimum Gasteiger partial charge on any atom is -0.481 e. The molecule has 5 heteroatoms. The highest BCUT2D eigenvalue weighted by atomic mass is 16.5. The number of methoxy groups -OCH3 is 1. The average Bonchev–Trinajstić information content (AvgIpc) is 2.46. The fourth-order valence-electron chi connectivity index (χ4n) is 2.73. The van der Waals surface area contributed by atoms with Crippen LogP contribution in [0.2, 0.25) is 0 Å². The van der Waals surface area contributed by atoms with Crippen LogP contribution in [-0.2, 0) is 0 Å². The SMILES string of the molecule is COc1ccc(N)c(NCC2CCCCC2CO)n1. The molecule has 4 N–H and O–H groups in total. The number of rotatable bonds is 5. The second-order valence-electron chi connectivity index (χ2n) is 5.16. The van der Waals surface area contributed by atoms with Crippen LogP contribution in [0.3, 0.4) is 0 Å². The molecule has 1 aromatic rings. The lowest BCUT2D eigenvalue weighted by Gasteiger charge is -2.30. The first kappa shape index (κ1) is 13.9. The lowest BCUT2D eigenvalue weighted by molar-refractivity contribution is 0.141. The van der Waals surface area contributed by atoms with Gasteiger partial charge in [-0.05, 0) is 30.7 Å². The number of ether oxygens (including phenoxy) is 1. The van der Waals surface area contributed by atoms with E-state index in [0.29, 0.717) is 29.2 Å². The van der Waals surface area contributed by atoms with Gasteiger partial charge in [0.05, 0.1) is 12.8 Å². The zero-order chi connectivity index (χ0) is 13.7. The van der Waals surface area contributed by atoms with Crippen LogP contribution in [0.1, 0.15) is 25.7 Å². The van der Waals surface area contributed by atoms with Crippen LogP contribution in [-0.4, -0.2) is 30.4 Å². The lowest BCUT2D eigenvalue weighted by Crippen LogP contribution is -2.29. The number of nitrogen functional groups attached to an aromatic ring is 1. The third kappa shape index (κ3) is 3.50. The molecule has 0 radical (unpaired) electrons. The molecular formula is C14H23N3O2. The van der Waals surface area contributed by atoms with E-state index in [2.05, 4.69) is 10.3 Å². The van der Waals surface area contributed by atoms with Crippen molar-refractivity contribution in [2.24, 2.45) is 11.8 Å². The van der Waals surface area contributed by atoms with Crippen molar-refractivity contribution < 1.29 is 9.84 Å². The number of aromatic nitrogens is 1. The number of hydrogen-bond donors (Lipinski definition) is 3. The number of nitrogens with one attached hydrogen (secondary N) is 1. The van der Waals surface area contributed by atoms with Crippen molar-refractivity contribution in [2.45, 2.75) is 25.7 Å². The Balaban J connectivity index is 1.97. The highest BCUT2D eigenvalue weighted by Crippen LogP contribution is 2.30. The zero-order valence-electron chi connectivity index (χ0n) is 11.4. The highest BCUT2D eigenvalue weighted by molar-refractivity contribution is 5.61. The first-order valence-corrected chi connectivity index (χ1v) is 6.90. The van der Waals surface area contributed by atoms with E-state index in [4.69, 9.17) is 10.5 Å². The standard InChI is InChI=1S/C14H23N3O2/c1-19-13-7-6-12(15)14(17-13)16-8-10-4-2-3-5-11(10)9-18/h6-7,10-11,18H,2-5,8-9,15H2,1H3,(H,16,17). The van der Waals surface area contributed by atoms with Crippen LogP contribution < -0.4 is 15.8 Å². The molecule has 0 amide bonds. The van der Waals surface area contributed by atoms with Crippen LogP contribution in [0.5, 0.6) is 5.88 Å². The van der Waals surface area contributed by atoms with Crippen LogP contribution in [0.25, 0.3) is 0 Å². The Hall–Kier alpha value is -1.49. The fourth-order valence-corrected chi connectivity index (χ4v) is 2.73. The maximum absolute atomic E-state index is 9.41. The van der Waals surface area contributed by atoms with E-state index in [1.807, 2.05) is 0 Å². The molecule has 2 rings (SSSR count). The molecule has 0 spiro atoms. The molecule has 106 valence electrons. The molecule has 19 heavy (non-hydrogen) atoms. The van der Waals surface area contributed by atoms with E-state index in [1.165, 1.54) is 12.8 Å². The van der Waals surface area contributed by atoms with E-state index in [9.17, 15) is 5.11 Å².